The van der Waals surface area contributed by atoms with Gasteiger partial charge in [0.1, 0.15) is 0 Å². The van der Waals surface area contributed by atoms with Crippen LogP contribution < -0.4 is 16.4 Å². The van der Waals surface area contributed by atoms with Gasteiger partial charge in [0.05, 0.1) is 24.0 Å². The molecule has 1 aliphatic rings. The highest BCUT2D eigenvalue weighted by atomic mass is 32.2. The summed E-state index contributed by atoms with van der Waals surface area (Å²) in [5, 5.41) is 13.3. The number of rotatable bonds is 8. The standard InChI is InChI=1S/C13H17N5O4S3/c1-3-22-10(20)9-6(2)15-11(21)16-7(9)4-23-12-17-18-13(25-12)24-5-8(14)19/h6H,3-5H2,1-2H3,(H2,14,19)(H2,15,16,21)/t6-/m0/s1. The zero-order chi connectivity index (χ0) is 18.4. The molecule has 0 saturated carbocycles. The van der Waals surface area contributed by atoms with Gasteiger partial charge in [-0.1, -0.05) is 34.9 Å². The number of thioether (sulfide) groups is 2. The summed E-state index contributed by atoms with van der Waals surface area (Å²) in [7, 11) is 0. The number of ether oxygens (including phenoxy) is 1. The van der Waals surface area contributed by atoms with E-state index in [2.05, 4.69) is 20.8 Å². The molecule has 0 aromatic carbocycles. The fourth-order valence-electron chi connectivity index (χ4n) is 1.97. The van der Waals surface area contributed by atoms with Crippen molar-refractivity contribution < 1.29 is 19.1 Å². The van der Waals surface area contributed by atoms with E-state index in [1.165, 1.54) is 34.9 Å². The fourth-order valence-corrected chi connectivity index (χ4v) is 4.70. The molecule has 9 nitrogen and oxygen atoms in total. The maximum Gasteiger partial charge on any atom is 0.337 e. The van der Waals surface area contributed by atoms with Gasteiger partial charge in [-0.2, -0.15) is 0 Å². The van der Waals surface area contributed by atoms with Crippen molar-refractivity contribution in [2.45, 2.75) is 28.6 Å². The minimum Gasteiger partial charge on any atom is -0.463 e. The highest BCUT2D eigenvalue weighted by Crippen LogP contribution is 2.30. The first-order valence-electron chi connectivity index (χ1n) is 7.25. The van der Waals surface area contributed by atoms with Crippen LogP contribution >= 0.6 is 34.9 Å². The third-order valence-electron chi connectivity index (χ3n) is 2.93. The molecule has 12 heteroatoms. The molecule has 0 saturated heterocycles. The molecule has 1 atom stereocenters. The van der Waals surface area contributed by atoms with Crippen molar-refractivity contribution in [2.75, 3.05) is 18.1 Å². The number of nitrogens with two attached hydrogens (primary N) is 1. The maximum absolute atomic E-state index is 12.1. The Kier molecular flexibility index (Phi) is 7.08. The Morgan fingerprint density at radius 3 is 2.64 bits per heavy atom. The van der Waals surface area contributed by atoms with E-state index in [0.29, 0.717) is 25.7 Å². The van der Waals surface area contributed by atoms with E-state index in [-0.39, 0.29) is 18.4 Å². The molecule has 25 heavy (non-hydrogen) atoms. The first-order valence-corrected chi connectivity index (χ1v) is 10.0. The van der Waals surface area contributed by atoms with Crippen molar-refractivity contribution in [3.05, 3.63) is 11.3 Å². The monoisotopic (exact) mass is 403 g/mol. The number of amides is 3. The van der Waals surface area contributed by atoms with Crippen LogP contribution in [0.4, 0.5) is 4.79 Å². The summed E-state index contributed by atoms with van der Waals surface area (Å²) in [4.78, 5) is 34.6. The Balaban J connectivity index is 2.07. The number of carbonyl (C=O) groups is 3. The quantitative estimate of drug-likeness (QED) is 0.427. The lowest BCUT2D eigenvalue weighted by molar-refractivity contribution is -0.139. The van der Waals surface area contributed by atoms with E-state index < -0.39 is 17.9 Å². The average Bonchev–Trinajstić information content (AvgIpc) is 2.98. The predicted octanol–water partition coefficient (Wildman–Crippen LogP) is 0.726. The van der Waals surface area contributed by atoms with Gasteiger partial charge >= 0.3 is 12.0 Å². The van der Waals surface area contributed by atoms with Gasteiger partial charge in [0, 0.05) is 11.4 Å². The zero-order valence-corrected chi connectivity index (χ0v) is 16.0. The molecular formula is C13H17N5O4S3. The SMILES string of the molecule is CCOC(=O)C1=C(CSc2nnc(SCC(N)=O)s2)NC(=O)N[C@H]1C. The van der Waals surface area contributed by atoms with Crippen LogP contribution in [-0.2, 0) is 14.3 Å². The molecule has 4 N–H and O–H groups in total. The molecule has 136 valence electrons. The third kappa shape index (κ3) is 5.61. The molecule has 0 bridgehead atoms. The molecule has 0 aliphatic carbocycles. The molecule has 0 radical (unpaired) electrons. The van der Waals surface area contributed by atoms with E-state index in [9.17, 15) is 14.4 Å². The van der Waals surface area contributed by atoms with E-state index in [1.54, 1.807) is 13.8 Å². The van der Waals surface area contributed by atoms with Crippen LogP contribution in [0, 0.1) is 0 Å². The normalized spacial score (nSPS) is 17.0. The van der Waals surface area contributed by atoms with E-state index >= 15 is 0 Å². The molecule has 1 aromatic rings. The largest absolute Gasteiger partial charge is 0.463 e. The van der Waals surface area contributed by atoms with E-state index in [4.69, 9.17) is 10.5 Å². The lowest BCUT2D eigenvalue weighted by Crippen LogP contribution is -2.49. The number of nitrogens with zero attached hydrogens (tertiary/aromatic N) is 2. The second-order valence-corrected chi connectivity index (χ2v) is 8.23. The maximum atomic E-state index is 12.1. The van der Waals surface area contributed by atoms with Crippen LogP contribution in [0.2, 0.25) is 0 Å². The molecule has 1 aliphatic heterocycles. The van der Waals surface area contributed by atoms with Gasteiger partial charge in [0.25, 0.3) is 0 Å². The summed E-state index contributed by atoms with van der Waals surface area (Å²) in [6.45, 7) is 3.69. The van der Waals surface area contributed by atoms with Crippen LogP contribution in [0.1, 0.15) is 13.8 Å². The van der Waals surface area contributed by atoms with Gasteiger partial charge in [-0.3, -0.25) is 4.79 Å². The summed E-state index contributed by atoms with van der Waals surface area (Å²) in [6.07, 6.45) is 0. The van der Waals surface area contributed by atoms with Gasteiger partial charge in [0.2, 0.25) is 5.91 Å². The summed E-state index contributed by atoms with van der Waals surface area (Å²) >= 11 is 3.86. The summed E-state index contributed by atoms with van der Waals surface area (Å²) in [6, 6.07) is -0.814. The second-order valence-electron chi connectivity index (χ2n) is 4.81. The Labute approximate surface area is 156 Å². The van der Waals surface area contributed by atoms with Crippen LogP contribution in [-0.4, -0.2) is 52.3 Å². The van der Waals surface area contributed by atoms with Crippen molar-refractivity contribution in [3.8, 4) is 0 Å². The van der Waals surface area contributed by atoms with E-state index in [1.807, 2.05) is 0 Å². The highest BCUT2D eigenvalue weighted by Gasteiger charge is 2.29. The number of primary amides is 1. The average molecular weight is 404 g/mol. The van der Waals surface area contributed by atoms with Crippen molar-refractivity contribution in [2.24, 2.45) is 5.73 Å². The third-order valence-corrected chi connectivity index (χ3v) is 6.17. The van der Waals surface area contributed by atoms with Gasteiger partial charge < -0.3 is 21.1 Å². The molecule has 2 rings (SSSR count). The summed E-state index contributed by atoms with van der Waals surface area (Å²) < 4.78 is 6.34. The van der Waals surface area contributed by atoms with Crippen molar-refractivity contribution in [1.82, 2.24) is 20.8 Å². The molecule has 1 aromatic heterocycles. The lowest BCUT2D eigenvalue weighted by atomic mass is 10.1. The van der Waals surface area contributed by atoms with Crippen molar-refractivity contribution in [3.63, 3.8) is 0 Å². The second kappa shape index (κ2) is 9.06. The molecule has 0 unspecified atom stereocenters. The Morgan fingerprint density at radius 2 is 2.00 bits per heavy atom. The Morgan fingerprint density at radius 1 is 1.32 bits per heavy atom. The number of urea groups is 1. The number of nitrogens with one attached hydrogen (secondary N) is 2. The van der Waals surface area contributed by atoms with Crippen molar-refractivity contribution in [1.29, 1.82) is 0 Å². The van der Waals surface area contributed by atoms with Crippen LogP contribution in [0.5, 0.6) is 0 Å². The zero-order valence-electron chi connectivity index (χ0n) is 13.5. The fraction of sp³-hybridized carbons (Fsp3) is 0.462. The smallest absolute Gasteiger partial charge is 0.337 e. The summed E-state index contributed by atoms with van der Waals surface area (Å²) in [5.74, 6) is -0.421. The number of hydrogen-bond acceptors (Lipinski definition) is 9. The molecular weight excluding hydrogens is 386 g/mol. The van der Waals surface area contributed by atoms with Crippen molar-refractivity contribution >= 4 is 52.8 Å². The van der Waals surface area contributed by atoms with Gasteiger partial charge in [-0.25, -0.2) is 9.59 Å². The topological polar surface area (TPSA) is 136 Å². The molecule has 0 fully saturated rings. The number of esters is 1. The molecule has 0 spiro atoms. The van der Waals surface area contributed by atoms with Crippen LogP contribution in [0.15, 0.2) is 19.9 Å². The number of carbonyl (C=O) groups excluding carboxylic acids is 3. The first kappa shape index (κ1) is 19.5. The number of aromatic nitrogens is 2. The highest BCUT2D eigenvalue weighted by molar-refractivity contribution is 8.03. The Bertz CT molecular complexity index is 706. The Hall–Kier alpha value is -1.79. The van der Waals surface area contributed by atoms with Crippen LogP contribution in [0.3, 0.4) is 0 Å². The molecule has 3 amide bonds. The first-order chi connectivity index (χ1) is 11.9. The number of hydrogen-bond donors (Lipinski definition) is 3. The molecule has 2 heterocycles. The van der Waals surface area contributed by atoms with Crippen LogP contribution in [0.25, 0.3) is 0 Å². The lowest BCUT2D eigenvalue weighted by Gasteiger charge is -2.26. The summed E-state index contributed by atoms with van der Waals surface area (Å²) in [5.41, 5.74) is 5.97. The van der Waals surface area contributed by atoms with Gasteiger partial charge in [-0.15, -0.1) is 10.2 Å². The van der Waals surface area contributed by atoms with E-state index in [0.717, 1.165) is 0 Å². The van der Waals surface area contributed by atoms with Gasteiger partial charge in [-0.05, 0) is 13.8 Å². The predicted molar refractivity (Wildman–Crippen MR) is 95.3 cm³/mol. The van der Waals surface area contributed by atoms with Gasteiger partial charge in [0.15, 0.2) is 8.68 Å². The minimum atomic E-state index is -0.465. The minimum absolute atomic E-state index is 0.136.